The van der Waals surface area contributed by atoms with E-state index in [1.165, 1.54) is 0 Å². The molecule has 0 aliphatic rings. The van der Waals surface area contributed by atoms with Gasteiger partial charge in [-0.1, -0.05) is 779 Å². The molecule has 0 spiro atoms. The monoisotopic (exact) mass is 1670 g/mol. The smallest absolute Gasteiger partial charge is 0.0623 e. The largest absolute Gasteiger partial charge is 0.0991 e. The van der Waals surface area contributed by atoms with Gasteiger partial charge in [0.2, 0.25) is 0 Å². The number of hydrogen-bond donors (Lipinski definition) is 0. The molecule has 0 atom stereocenters. The summed E-state index contributed by atoms with van der Waals surface area (Å²) in [5, 5.41) is 0. The van der Waals surface area contributed by atoms with Gasteiger partial charge < -0.3 is 0 Å². The lowest BCUT2D eigenvalue weighted by molar-refractivity contribution is 1.81. The van der Waals surface area contributed by atoms with Crippen molar-refractivity contribution >= 4 is 0 Å². The average Bonchev–Trinajstić information content (AvgIpc) is 1.15. The number of hydrogen-bond acceptors (Lipinski definition) is 0. The van der Waals surface area contributed by atoms with Crippen LogP contribution in [-0.4, -0.2) is 0 Å². The molecule has 0 saturated heterocycles. The van der Waals surface area contributed by atoms with E-state index >= 15 is 0 Å². The number of allylic oxidation sites excluding steroid dienone is 126. The summed E-state index contributed by atoms with van der Waals surface area (Å²) in [4.78, 5) is 0. The molecule has 0 N–H and O–H groups in total. The van der Waals surface area contributed by atoms with Crippen LogP contribution in [0.5, 0.6) is 0 Å². The summed E-state index contributed by atoms with van der Waals surface area (Å²) in [5.74, 6) is 0. The maximum atomic E-state index is 3.64. The molecule has 0 heteroatoms. The molecular weight excluding hydrogens is 1540 g/mol. The Kier molecular flexibility index (Phi) is 96.0. The van der Waals surface area contributed by atoms with Crippen LogP contribution < -0.4 is 0 Å². The lowest BCUT2D eigenvalue weighted by atomic mass is 10.3. The van der Waals surface area contributed by atoms with Crippen molar-refractivity contribution in [1.82, 2.24) is 0 Å². The first-order chi connectivity index (χ1) is 63.9. The molecule has 0 amide bonds. The molecule has 0 rings (SSSR count). The minimum atomic E-state index is 1.75. The molecule has 0 saturated carbocycles. The average molecular weight is 1670 g/mol. The SMILES string of the molecule is C=CC=CC=CC=CC=CC=CC=CC=CC=CC=CC=CC=CC=CC=CC=CC=CC=CC=CC=CC=CC=CC=CC=CC=CC=CC=CC=CC=CC=CC=CC=CC=CC=CC=CC=CC=CC=CC=CC=CC=CC=CC=CC=CC=CC=CC=CC=CC=CC=CC=CC=CC=CC=CC=CC=CC=CC=CC=CC=CC=CC=CC=CC=CC=C. The van der Waals surface area contributed by atoms with E-state index < -0.39 is 0 Å². The van der Waals surface area contributed by atoms with Crippen LogP contribution in [-0.2, 0) is 0 Å². The first-order valence-electron chi connectivity index (χ1n) is 42.5. The van der Waals surface area contributed by atoms with Gasteiger partial charge in [0, 0.05) is 0 Å². The van der Waals surface area contributed by atoms with Crippen molar-refractivity contribution in [2.45, 2.75) is 0 Å². The van der Waals surface area contributed by atoms with Gasteiger partial charge in [-0.25, -0.2) is 0 Å². The molecule has 642 valence electrons. The molecular formula is C128H130. The van der Waals surface area contributed by atoms with E-state index in [1.54, 1.807) is 12.2 Å². The van der Waals surface area contributed by atoms with Gasteiger partial charge in [0.15, 0.2) is 0 Å². The van der Waals surface area contributed by atoms with Gasteiger partial charge in [0.1, 0.15) is 0 Å². The molecule has 0 unspecified atom stereocenters. The van der Waals surface area contributed by atoms with Crippen molar-refractivity contribution in [3.8, 4) is 0 Å². The molecule has 0 aromatic rings. The molecule has 0 nitrogen and oxygen atoms in total. The molecule has 0 aromatic heterocycles. The van der Waals surface area contributed by atoms with Crippen molar-refractivity contribution in [3.63, 3.8) is 0 Å². The molecule has 0 aromatic carbocycles. The molecule has 0 aliphatic heterocycles. The summed E-state index contributed by atoms with van der Waals surface area (Å²) in [6, 6.07) is 0. The third kappa shape index (κ3) is 109. The highest BCUT2D eigenvalue weighted by Crippen LogP contribution is 1.98. The van der Waals surface area contributed by atoms with Gasteiger partial charge >= 0.3 is 0 Å². The van der Waals surface area contributed by atoms with Gasteiger partial charge in [-0.3, -0.25) is 0 Å². The summed E-state index contributed by atoms with van der Waals surface area (Å²) in [6.45, 7) is 7.27. The summed E-state index contributed by atoms with van der Waals surface area (Å²) in [7, 11) is 0. The highest BCUT2D eigenvalue weighted by atomic mass is 13.8. The van der Waals surface area contributed by atoms with E-state index in [2.05, 4.69) is 13.2 Å². The second-order valence-electron chi connectivity index (χ2n) is 24.3. The van der Waals surface area contributed by atoms with E-state index in [9.17, 15) is 0 Å². The van der Waals surface area contributed by atoms with Gasteiger partial charge in [0.05, 0.1) is 0 Å². The lowest BCUT2D eigenvalue weighted by Gasteiger charge is -1.77. The predicted octanol–water partition coefficient (Wildman–Crippen LogP) is 35.8. The Morgan fingerprint density at radius 1 is 0.0391 bits per heavy atom. The predicted molar refractivity (Wildman–Crippen MR) is 587 cm³/mol. The highest BCUT2D eigenvalue weighted by Gasteiger charge is 1.77. The van der Waals surface area contributed by atoms with E-state index in [0.29, 0.717) is 0 Å². The maximum Gasteiger partial charge on any atom is -0.0623 e. The molecule has 0 fully saturated rings. The summed E-state index contributed by atoms with van der Waals surface area (Å²) in [6.07, 6.45) is 251. The molecule has 0 bridgehead atoms. The summed E-state index contributed by atoms with van der Waals surface area (Å²) in [5.41, 5.74) is 0. The third-order valence-corrected chi connectivity index (χ3v) is 13.9. The van der Waals surface area contributed by atoms with E-state index in [-0.39, 0.29) is 0 Å². The van der Waals surface area contributed by atoms with Crippen LogP contribution >= 0.6 is 0 Å². The van der Waals surface area contributed by atoms with Crippen molar-refractivity contribution < 1.29 is 0 Å². The zero-order valence-electron chi connectivity index (χ0n) is 74.2. The first kappa shape index (κ1) is 111. The fraction of sp³-hybridized carbons (Fsp3) is 0. The first-order valence-corrected chi connectivity index (χ1v) is 42.5. The van der Waals surface area contributed by atoms with E-state index in [4.69, 9.17) is 0 Å². The van der Waals surface area contributed by atoms with E-state index in [0.717, 1.165) is 0 Å². The Balaban J connectivity index is 4.14. The quantitative estimate of drug-likeness (QED) is 0.0533. The standard InChI is InChI=1S/C128H130/c1-3-5-7-9-11-13-15-17-19-21-23-25-27-29-31-33-35-37-39-41-43-45-47-49-51-53-55-57-59-61-63-65-67-69-71-73-75-77-79-81-83-85-87-89-91-93-95-97-99-101-103-105-107-109-111-113-115-117-119-121-123-125-127-128-126-124-122-120-118-116-114-112-110-108-106-104-102-100-98-96-94-92-90-88-86-84-82-80-78-76-74-72-70-68-66-64-62-60-58-56-54-52-50-48-46-44-42-40-38-36-34-32-30-28-26-24-22-20-18-16-14-12-10-8-6-4-2/h3-128H,1-2H2. The normalized spacial score (nSPS) is 15.7. The van der Waals surface area contributed by atoms with Gasteiger partial charge in [-0.05, 0) is 0 Å². The highest BCUT2D eigenvalue weighted by molar-refractivity contribution is 5.34. The lowest BCUT2D eigenvalue weighted by Crippen LogP contribution is -1.55. The summed E-state index contributed by atoms with van der Waals surface area (Å²) < 4.78 is 0. The van der Waals surface area contributed by atoms with Crippen LogP contribution in [0.4, 0.5) is 0 Å². The van der Waals surface area contributed by atoms with Crippen LogP contribution in [0.1, 0.15) is 0 Å². The maximum absolute atomic E-state index is 3.64. The van der Waals surface area contributed by atoms with Crippen LogP contribution in [0.2, 0.25) is 0 Å². The van der Waals surface area contributed by atoms with Gasteiger partial charge in [-0.2, -0.15) is 0 Å². The second-order valence-corrected chi connectivity index (χ2v) is 24.3. The fourth-order valence-corrected chi connectivity index (χ4v) is 7.98. The number of rotatable bonds is 63. The van der Waals surface area contributed by atoms with Crippen LogP contribution in [0.15, 0.2) is 779 Å². The summed E-state index contributed by atoms with van der Waals surface area (Å²) >= 11 is 0. The van der Waals surface area contributed by atoms with Crippen molar-refractivity contribution in [2.24, 2.45) is 0 Å². The zero-order valence-corrected chi connectivity index (χ0v) is 74.2. The van der Waals surface area contributed by atoms with Gasteiger partial charge in [0.25, 0.3) is 0 Å². The van der Waals surface area contributed by atoms with Crippen molar-refractivity contribution in [3.05, 3.63) is 779 Å². The molecule has 0 radical (unpaired) electrons. The zero-order chi connectivity index (χ0) is 91.1. The molecule has 0 aliphatic carbocycles. The van der Waals surface area contributed by atoms with Crippen LogP contribution in [0.25, 0.3) is 0 Å². The minimum Gasteiger partial charge on any atom is -0.0991 e. The third-order valence-electron chi connectivity index (χ3n) is 13.9. The van der Waals surface area contributed by atoms with Crippen molar-refractivity contribution in [1.29, 1.82) is 0 Å². The molecule has 0 heterocycles. The fourth-order valence-electron chi connectivity index (χ4n) is 7.98. The minimum absolute atomic E-state index is 1.75. The Labute approximate surface area is 773 Å². The van der Waals surface area contributed by atoms with Crippen LogP contribution in [0, 0.1) is 0 Å². The second kappa shape index (κ2) is 110. The van der Waals surface area contributed by atoms with Gasteiger partial charge in [-0.15, -0.1) is 0 Å². The Bertz CT molecular complexity index is 4430. The van der Waals surface area contributed by atoms with E-state index in [1.807, 2.05) is 753 Å². The Morgan fingerprint density at radius 3 is 0.0859 bits per heavy atom. The topological polar surface area (TPSA) is 0 Å². The molecule has 128 heavy (non-hydrogen) atoms. The van der Waals surface area contributed by atoms with Crippen LogP contribution in [0.3, 0.4) is 0 Å². The Morgan fingerprint density at radius 2 is 0.0625 bits per heavy atom. The van der Waals surface area contributed by atoms with Crippen molar-refractivity contribution in [2.75, 3.05) is 0 Å². The Hall–Kier alpha value is -16.6.